The second-order valence-electron chi connectivity index (χ2n) is 8.01. The molecule has 16 nitrogen and oxygen atoms in total. The van der Waals surface area contributed by atoms with E-state index in [1.807, 2.05) is 0 Å². The molecule has 0 fully saturated rings. The molecule has 0 aromatic heterocycles. The Balaban J connectivity index is 2.87. The molecule has 0 atom stereocenters. The van der Waals surface area contributed by atoms with Crippen LogP contribution in [0.1, 0.15) is 0 Å². The Bertz CT molecular complexity index is 1130. The molecule has 0 saturated heterocycles. The summed E-state index contributed by atoms with van der Waals surface area (Å²) in [7, 11) is -4.18. The minimum absolute atomic E-state index is 0.0818. The van der Waals surface area contributed by atoms with Crippen molar-refractivity contribution in [3.63, 3.8) is 0 Å². The largest absolute Gasteiger partial charge is 0.480 e. The van der Waals surface area contributed by atoms with E-state index in [0.717, 1.165) is 21.9 Å². The van der Waals surface area contributed by atoms with E-state index in [4.69, 9.17) is 25.6 Å². The summed E-state index contributed by atoms with van der Waals surface area (Å²) < 4.78 is 36.8. The fourth-order valence-electron chi connectivity index (χ4n) is 3.20. The fraction of sp³-hybridized carbons (Fsp3) is 0.450. The quantitative estimate of drug-likeness (QED) is 0.109. The maximum absolute atomic E-state index is 14.2. The van der Waals surface area contributed by atoms with Crippen molar-refractivity contribution in [2.24, 2.45) is 5.14 Å². The summed E-state index contributed by atoms with van der Waals surface area (Å²) in [6.45, 7) is -3.42. The van der Waals surface area contributed by atoms with Crippen molar-refractivity contribution in [2.75, 3.05) is 64.2 Å². The van der Waals surface area contributed by atoms with Crippen LogP contribution in [0.4, 0.5) is 10.1 Å². The van der Waals surface area contributed by atoms with Gasteiger partial charge in [-0.2, -0.15) is 0 Å². The minimum Gasteiger partial charge on any atom is -0.480 e. The number of carbonyl (C=O) groups excluding carboxylic acids is 1. The Morgan fingerprint density at radius 2 is 1.13 bits per heavy atom. The highest BCUT2D eigenvalue weighted by Gasteiger charge is 2.20. The van der Waals surface area contributed by atoms with Gasteiger partial charge in [-0.3, -0.25) is 38.7 Å². The van der Waals surface area contributed by atoms with Crippen LogP contribution < -0.4 is 10.5 Å². The molecule has 0 aliphatic carbocycles. The molecule has 18 heteroatoms. The van der Waals surface area contributed by atoms with Gasteiger partial charge in [-0.25, -0.2) is 17.9 Å². The number of primary sulfonamides is 1. The van der Waals surface area contributed by atoms with E-state index in [2.05, 4.69) is 5.32 Å². The zero-order valence-corrected chi connectivity index (χ0v) is 20.8. The number of hydrogen-bond donors (Lipinski definition) is 6. The van der Waals surface area contributed by atoms with Gasteiger partial charge in [-0.1, -0.05) is 0 Å². The smallest absolute Gasteiger partial charge is 0.317 e. The minimum atomic E-state index is -4.18. The Morgan fingerprint density at radius 1 is 0.737 bits per heavy atom. The van der Waals surface area contributed by atoms with Crippen molar-refractivity contribution in [1.82, 2.24) is 14.7 Å². The lowest BCUT2D eigenvalue weighted by molar-refractivity contribution is -0.143. The van der Waals surface area contributed by atoms with Crippen molar-refractivity contribution in [3.8, 4) is 0 Å². The summed E-state index contributed by atoms with van der Waals surface area (Å²) in [6, 6.07) is 2.52. The molecule has 0 aliphatic rings. The molecule has 1 amide bonds. The van der Waals surface area contributed by atoms with Gasteiger partial charge in [0.1, 0.15) is 5.82 Å². The van der Waals surface area contributed by atoms with Crippen LogP contribution in [0.5, 0.6) is 0 Å². The van der Waals surface area contributed by atoms with E-state index in [-0.39, 0.29) is 31.9 Å². The molecular weight excluding hydrogens is 537 g/mol. The molecule has 0 heterocycles. The highest BCUT2D eigenvalue weighted by molar-refractivity contribution is 7.89. The summed E-state index contributed by atoms with van der Waals surface area (Å²) in [5.74, 6) is -7.10. The van der Waals surface area contributed by atoms with Gasteiger partial charge in [0.2, 0.25) is 15.9 Å². The number of nitrogens with two attached hydrogens (primary N) is 1. The van der Waals surface area contributed by atoms with Gasteiger partial charge < -0.3 is 25.7 Å². The number of amides is 1. The molecule has 38 heavy (non-hydrogen) atoms. The average Bonchev–Trinajstić information content (AvgIpc) is 2.74. The maximum Gasteiger partial charge on any atom is 0.317 e. The molecule has 1 rings (SSSR count). The van der Waals surface area contributed by atoms with Crippen LogP contribution >= 0.6 is 0 Å². The topological polar surface area (TPSA) is 248 Å². The number of anilines is 1. The number of benzene rings is 1. The maximum atomic E-state index is 14.2. The lowest BCUT2D eigenvalue weighted by atomic mass is 10.3. The third kappa shape index (κ3) is 13.0. The van der Waals surface area contributed by atoms with Crippen LogP contribution in [0.25, 0.3) is 0 Å². The first-order valence-corrected chi connectivity index (χ1v) is 12.3. The monoisotopic (exact) mass is 565 g/mol. The number of carbonyl (C=O) groups is 5. The van der Waals surface area contributed by atoms with Gasteiger partial charge in [-0.15, -0.1) is 0 Å². The predicted octanol–water partition coefficient (Wildman–Crippen LogP) is -2.34. The number of rotatable bonds is 18. The Kier molecular flexibility index (Phi) is 12.7. The Morgan fingerprint density at radius 3 is 1.53 bits per heavy atom. The normalized spacial score (nSPS) is 11.6. The number of aliphatic carboxylic acids is 4. The van der Waals surface area contributed by atoms with Crippen molar-refractivity contribution in [1.29, 1.82) is 0 Å². The van der Waals surface area contributed by atoms with E-state index in [1.165, 1.54) is 4.90 Å². The third-order valence-corrected chi connectivity index (χ3v) is 5.72. The van der Waals surface area contributed by atoms with Crippen LogP contribution in [0.3, 0.4) is 0 Å². The van der Waals surface area contributed by atoms with Gasteiger partial charge in [-0.05, 0) is 18.2 Å². The first-order chi connectivity index (χ1) is 17.6. The molecule has 0 saturated carbocycles. The molecular formula is C20H28FN5O11S. The molecule has 7 N–H and O–H groups in total. The highest BCUT2D eigenvalue weighted by Crippen LogP contribution is 2.18. The number of hydrogen-bond acceptors (Lipinski definition) is 10. The summed E-state index contributed by atoms with van der Waals surface area (Å²) in [5, 5.41) is 43.3. The Hall–Kier alpha value is -3.71. The van der Waals surface area contributed by atoms with E-state index >= 15 is 0 Å². The van der Waals surface area contributed by atoms with E-state index in [1.54, 1.807) is 0 Å². The zero-order chi connectivity index (χ0) is 29.0. The molecule has 0 unspecified atom stereocenters. The summed E-state index contributed by atoms with van der Waals surface area (Å²) in [5.41, 5.74) is -0.387. The number of sulfonamides is 1. The lowest BCUT2D eigenvalue weighted by Crippen LogP contribution is -2.46. The number of carboxylic acids is 4. The number of halogens is 1. The summed E-state index contributed by atoms with van der Waals surface area (Å²) in [6.07, 6.45) is 0. The zero-order valence-electron chi connectivity index (χ0n) is 19.9. The van der Waals surface area contributed by atoms with Crippen molar-refractivity contribution >= 4 is 45.5 Å². The average molecular weight is 566 g/mol. The van der Waals surface area contributed by atoms with Crippen molar-refractivity contribution in [3.05, 3.63) is 24.0 Å². The number of nitrogens with zero attached hydrogens (tertiary/aromatic N) is 3. The molecule has 0 radical (unpaired) electrons. The predicted molar refractivity (Wildman–Crippen MR) is 126 cm³/mol. The fourth-order valence-corrected chi connectivity index (χ4v) is 3.72. The van der Waals surface area contributed by atoms with Crippen LogP contribution in [-0.4, -0.2) is 132 Å². The molecule has 0 spiro atoms. The van der Waals surface area contributed by atoms with Crippen LogP contribution in [0.15, 0.2) is 23.1 Å². The highest BCUT2D eigenvalue weighted by atomic mass is 32.2. The lowest BCUT2D eigenvalue weighted by Gasteiger charge is -2.27. The first-order valence-electron chi connectivity index (χ1n) is 10.7. The van der Waals surface area contributed by atoms with Crippen LogP contribution in [0, 0.1) is 5.82 Å². The van der Waals surface area contributed by atoms with E-state index < -0.39 is 83.2 Å². The SMILES string of the molecule is NS(=O)(=O)c1ccc(NC(=O)CN(CCN(CCN(CC(=O)O)CC(=O)O)CC(=O)O)CC(=O)O)c(F)c1. The molecule has 1 aromatic carbocycles. The second-order valence-corrected chi connectivity index (χ2v) is 9.57. The van der Waals surface area contributed by atoms with Gasteiger partial charge in [0.25, 0.3) is 0 Å². The first kappa shape index (κ1) is 32.3. The molecule has 0 bridgehead atoms. The van der Waals surface area contributed by atoms with Gasteiger partial charge in [0, 0.05) is 26.2 Å². The molecule has 212 valence electrons. The van der Waals surface area contributed by atoms with Gasteiger partial charge in [0.15, 0.2) is 0 Å². The number of nitrogens with one attached hydrogen (secondary N) is 1. The standard InChI is InChI=1S/C20H28FN5O11S/c21-14-7-13(38(22,36)37)1-2-15(14)23-16(27)8-25(10-18(30)31)5-3-24(9-17(28)29)4-6-26(11-19(32)33)12-20(34)35/h1-2,7H,3-6,8-12H2,(H,23,27)(H,28,29)(H,30,31)(H,32,33)(H,34,35)(H2,22,36,37). The van der Waals surface area contributed by atoms with E-state index in [9.17, 15) is 36.8 Å². The second kappa shape index (κ2) is 14.9. The molecule has 1 aromatic rings. The molecule has 0 aliphatic heterocycles. The van der Waals surface area contributed by atoms with E-state index in [0.29, 0.717) is 6.07 Å². The van der Waals surface area contributed by atoms with Crippen molar-refractivity contribution < 1.29 is 57.2 Å². The van der Waals surface area contributed by atoms with Gasteiger partial charge >= 0.3 is 23.9 Å². The number of carboxylic acid groups (broad SMARTS) is 4. The van der Waals surface area contributed by atoms with Crippen molar-refractivity contribution in [2.45, 2.75) is 4.90 Å². The summed E-state index contributed by atoms with van der Waals surface area (Å²) in [4.78, 5) is 59.7. The third-order valence-electron chi connectivity index (χ3n) is 4.81. The van der Waals surface area contributed by atoms with Crippen LogP contribution in [0.2, 0.25) is 0 Å². The van der Waals surface area contributed by atoms with Crippen LogP contribution in [-0.2, 0) is 34.0 Å². The Labute approximate surface area is 216 Å². The van der Waals surface area contributed by atoms with Gasteiger partial charge in [0.05, 0.1) is 43.3 Å². The summed E-state index contributed by atoms with van der Waals surface area (Å²) >= 11 is 0.